The number of nitrogens with two attached hydrogens (primary N) is 2. The van der Waals surface area contributed by atoms with Crippen LogP contribution in [0.3, 0.4) is 0 Å². The van der Waals surface area contributed by atoms with Crippen molar-refractivity contribution in [1.29, 1.82) is 0 Å². The molecule has 58 heavy (non-hydrogen) atoms. The van der Waals surface area contributed by atoms with Crippen LogP contribution in [0.1, 0.15) is 52.3 Å². The Morgan fingerprint density at radius 2 is 1.50 bits per heavy atom. The van der Waals surface area contributed by atoms with Gasteiger partial charge >= 0.3 is 25.0 Å². The first-order valence-electron chi connectivity index (χ1n) is 16.9. The van der Waals surface area contributed by atoms with E-state index in [0.717, 1.165) is 15.8 Å². The highest BCUT2D eigenvalue weighted by atomic mass is 127. The van der Waals surface area contributed by atoms with Crippen molar-refractivity contribution in [2.75, 3.05) is 6.54 Å². The van der Waals surface area contributed by atoms with Gasteiger partial charge in [-0.2, -0.15) is 40.2 Å². The molecule has 4 atom stereocenters. The average molecular weight is 956 g/mol. The van der Waals surface area contributed by atoms with E-state index in [2.05, 4.69) is 10.4 Å². The number of hydrogen-bond acceptors (Lipinski definition) is 8. The van der Waals surface area contributed by atoms with Gasteiger partial charge in [0.05, 0.1) is 29.3 Å². The maximum atomic E-state index is 15.7. The zero-order valence-electron chi connectivity index (χ0n) is 31.3. The molecule has 1 aromatic heterocycles. The molecule has 0 bridgehead atoms. The number of rotatable bonds is 16. The van der Waals surface area contributed by atoms with Gasteiger partial charge in [0.2, 0.25) is 11.5 Å². The fourth-order valence-corrected chi connectivity index (χ4v) is 5.67. The normalized spacial score (nSPS) is 15.4. The number of hydrogen-bond donors (Lipinski definition) is 5. The van der Waals surface area contributed by atoms with Crippen LogP contribution in [0, 0.1) is 26.0 Å². The number of ether oxygens (including phenoxy) is 1. The van der Waals surface area contributed by atoms with E-state index >= 15 is 8.78 Å². The highest BCUT2D eigenvalue weighted by Crippen LogP contribution is 2.48. The number of nitrogens with zero attached hydrogens (tertiary/aromatic N) is 3. The molecular formula is C35H40F10IN7O5. The lowest BCUT2D eigenvalue weighted by molar-refractivity contribution is -0.262. The van der Waals surface area contributed by atoms with Crippen LogP contribution in [0.2, 0.25) is 0 Å². The topological polar surface area (TPSA) is 178 Å². The highest BCUT2D eigenvalue weighted by molar-refractivity contribution is 14.1. The second-order valence-electron chi connectivity index (χ2n) is 14.5. The molecule has 0 aliphatic carbocycles. The molecule has 3 amide bonds. The van der Waals surface area contributed by atoms with Crippen molar-refractivity contribution in [3.05, 3.63) is 75.0 Å². The predicted octanol–water partition coefficient (Wildman–Crippen LogP) is 6.11. The Morgan fingerprint density at radius 3 is 1.97 bits per heavy atom. The molecule has 0 unspecified atom stereocenters. The molecule has 3 aromatic rings. The second kappa shape index (κ2) is 17.9. The molecular weight excluding hydrogens is 915 g/mol. The van der Waals surface area contributed by atoms with Crippen LogP contribution in [0.4, 0.5) is 48.7 Å². The summed E-state index contributed by atoms with van der Waals surface area (Å²) < 4.78 is 148. The van der Waals surface area contributed by atoms with Gasteiger partial charge in [0.25, 0.3) is 5.91 Å². The summed E-state index contributed by atoms with van der Waals surface area (Å²) in [5.41, 5.74) is 2.35. The maximum absolute atomic E-state index is 15.7. The average Bonchev–Trinajstić information content (AvgIpc) is 3.59. The number of primary amides is 1. The molecule has 0 fully saturated rings. The maximum Gasteiger partial charge on any atom is 0.405 e. The van der Waals surface area contributed by atoms with Crippen molar-refractivity contribution in [1.82, 2.24) is 25.5 Å². The Labute approximate surface area is 338 Å². The van der Waals surface area contributed by atoms with Crippen molar-refractivity contribution >= 4 is 40.5 Å². The number of alkyl halides is 8. The lowest BCUT2D eigenvalue weighted by atomic mass is 9.74. The van der Waals surface area contributed by atoms with Crippen LogP contribution in [0.25, 0.3) is 11.3 Å². The van der Waals surface area contributed by atoms with Crippen LogP contribution in [0.15, 0.2) is 48.7 Å². The Morgan fingerprint density at radius 1 is 0.948 bits per heavy atom. The number of amides is 3. The van der Waals surface area contributed by atoms with E-state index in [-0.39, 0.29) is 22.4 Å². The Kier molecular flexibility index (Phi) is 14.9. The summed E-state index contributed by atoms with van der Waals surface area (Å²) in [6, 6.07) is 4.82. The van der Waals surface area contributed by atoms with Gasteiger partial charge in [-0.15, -0.1) is 0 Å². The molecule has 0 radical (unpaired) electrons. The fourth-order valence-electron chi connectivity index (χ4n) is 5.31. The van der Waals surface area contributed by atoms with Gasteiger partial charge in [0.15, 0.2) is 0 Å². The Bertz CT molecular complexity index is 1920. The highest BCUT2D eigenvalue weighted by Gasteiger charge is 2.65. The van der Waals surface area contributed by atoms with Gasteiger partial charge in [0, 0.05) is 34.0 Å². The molecule has 0 aliphatic heterocycles. The van der Waals surface area contributed by atoms with E-state index < -0.39 is 102 Å². The molecule has 7 N–H and O–H groups in total. The number of hydrazine groups is 1. The van der Waals surface area contributed by atoms with E-state index in [1.807, 2.05) is 28.0 Å². The largest absolute Gasteiger partial charge is 0.432 e. The number of nitrogens with one attached hydrogen (secondary N) is 2. The molecule has 0 aliphatic rings. The minimum absolute atomic E-state index is 0.202. The summed E-state index contributed by atoms with van der Waals surface area (Å²) in [6.07, 6.45) is -13.6. The fraction of sp³-hybridized carbons (Fsp3) is 0.486. The molecule has 2 aromatic carbocycles. The number of aliphatic hydroxyl groups is 1. The van der Waals surface area contributed by atoms with Crippen molar-refractivity contribution in [2.24, 2.45) is 22.3 Å². The number of benzene rings is 2. The van der Waals surface area contributed by atoms with Crippen LogP contribution >= 0.6 is 22.6 Å². The van der Waals surface area contributed by atoms with Crippen molar-refractivity contribution in [3.63, 3.8) is 0 Å². The number of aromatic nitrogens is 2. The van der Waals surface area contributed by atoms with E-state index in [4.69, 9.17) is 16.2 Å². The summed E-state index contributed by atoms with van der Waals surface area (Å²) in [7, 11) is 0. The smallest absolute Gasteiger partial charge is 0.405 e. The monoisotopic (exact) mass is 955 g/mol. The Balaban J connectivity index is 2.13. The van der Waals surface area contributed by atoms with Crippen LogP contribution in [-0.2, 0) is 27.3 Å². The van der Waals surface area contributed by atoms with E-state index in [1.165, 1.54) is 12.1 Å². The second-order valence-corrected chi connectivity index (χ2v) is 15.7. The first-order valence-corrected chi connectivity index (χ1v) is 18.0. The molecule has 0 spiro atoms. The van der Waals surface area contributed by atoms with Gasteiger partial charge in [-0.05, 0) is 99.5 Å². The summed E-state index contributed by atoms with van der Waals surface area (Å²) in [5, 5.41) is 17.8. The summed E-state index contributed by atoms with van der Waals surface area (Å²) in [5.74, 6) is -5.97. The van der Waals surface area contributed by atoms with Gasteiger partial charge in [-0.1, -0.05) is 12.1 Å². The lowest BCUT2D eigenvalue weighted by Gasteiger charge is -2.43. The molecule has 12 nitrogen and oxygen atoms in total. The lowest BCUT2D eigenvalue weighted by Crippen LogP contribution is -2.65. The molecule has 322 valence electrons. The summed E-state index contributed by atoms with van der Waals surface area (Å²) >= 11 is 1.97. The van der Waals surface area contributed by atoms with E-state index in [1.54, 1.807) is 12.1 Å². The number of aliphatic hydroxyl groups excluding tert-OH is 1. The van der Waals surface area contributed by atoms with Crippen LogP contribution in [-0.4, -0.2) is 80.5 Å². The number of carbonyl (C=O) groups is 3. The van der Waals surface area contributed by atoms with Gasteiger partial charge in [-0.3, -0.25) is 15.0 Å². The third kappa shape index (κ3) is 10.9. The minimum atomic E-state index is -5.27. The van der Waals surface area contributed by atoms with Crippen LogP contribution in [0.5, 0.6) is 0 Å². The third-order valence-corrected chi connectivity index (χ3v) is 10.6. The van der Waals surface area contributed by atoms with E-state index in [0.29, 0.717) is 57.3 Å². The molecule has 0 saturated carbocycles. The van der Waals surface area contributed by atoms with Gasteiger partial charge in [-0.25, -0.2) is 23.3 Å². The van der Waals surface area contributed by atoms with Crippen molar-refractivity contribution < 1.29 is 68.1 Å². The first-order chi connectivity index (χ1) is 26.4. The van der Waals surface area contributed by atoms with Gasteiger partial charge in [0.1, 0.15) is 17.0 Å². The molecule has 1 heterocycles. The van der Waals surface area contributed by atoms with Crippen molar-refractivity contribution in [2.45, 2.75) is 90.3 Å². The summed E-state index contributed by atoms with van der Waals surface area (Å²) in [4.78, 5) is 38.8. The molecule has 0 saturated heterocycles. The van der Waals surface area contributed by atoms with Crippen LogP contribution < -0.4 is 22.2 Å². The zero-order chi connectivity index (χ0) is 44.3. The van der Waals surface area contributed by atoms with E-state index in [9.17, 15) is 54.6 Å². The Hall–Kier alpha value is -4.23. The van der Waals surface area contributed by atoms with Gasteiger partial charge < -0.3 is 26.6 Å². The predicted molar refractivity (Wildman–Crippen MR) is 195 cm³/mol. The third-order valence-electron chi connectivity index (χ3n) is 9.85. The minimum Gasteiger partial charge on any atom is -0.432 e. The number of carbonyl (C=O) groups excluding carboxylic acids is 3. The number of halogens is 11. The standard InChI is InChI=1S/C35H40F10IN7O5/c1-31(2,34(40,41)42)26(47)27(55)49-24(12-17-6-8-19(46)9-7-17)25(54)16-52(51-28(56)33(5,58-30(48)57)32(3,4)35(43,44)45)15-20-21(36)13-18(14-22(20)37)23-10-11-53(50-23)29(38)39/h6-11,13-14,24-26,29,54H,12,15-16,47H2,1-5H3,(H2,48,57)(H,49,55)(H,51,56)/t24-,25-,26+,33+/m0/s1. The summed E-state index contributed by atoms with van der Waals surface area (Å²) in [6.45, 7) is -2.41. The SMILES string of the molecule is CC(C)([C@H](N)C(=O)N[C@@H](Cc1ccc(I)cc1)[C@@H](O)CN(Cc1c(F)cc(-c2ccn(C(F)F)n2)cc1F)NC(=O)[C@@](C)(OC(N)=O)C(C)(C)C(F)(F)F)C(F)(F)F. The first kappa shape index (κ1) is 48.1. The van der Waals surface area contributed by atoms with Crippen molar-refractivity contribution in [3.8, 4) is 11.3 Å². The quantitative estimate of drug-likeness (QED) is 0.0650. The molecule has 23 heteroatoms. The molecule has 3 rings (SSSR count). The zero-order valence-corrected chi connectivity index (χ0v) is 33.4.